The third-order valence-corrected chi connectivity index (χ3v) is 5.60. The lowest BCUT2D eigenvalue weighted by atomic mass is 9.94. The van der Waals surface area contributed by atoms with E-state index >= 15 is 0 Å². The molecule has 5 rings (SSSR count). The predicted molar refractivity (Wildman–Crippen MR) is 111 cm³/mol. The van der Waals surface area contributed by atoms with E-state index in [4.69, 9.17) is 23.7 Å². The maximum atomic E-state index is 13.0. The average Bonchev–Trinajstić information content (AvgIpc) is 3.39. The van der Waals surface area contributed by atoms with Gasteiger partial charge in [0.15, 0.2) is 23.0 Å². The van der Waals surface area contributed by atoms with Crippen LogP contribution in [0.1, 0.15) is 17.2 Å². The molecule has 32 heavy (non-hydrogen) atoms. The molecule has 2 aromatic carbocycles. The van der Waals surface area contributed by atoms with E-state index in [0.717, 1.165) is 0 Å². The van der Waals surface area contributed by atoms with Gasteiger partial charge in [-0.25, -0.2) is 0 Å². The van der Waals surface area contributed by atoms with E-state index in [1.54, 1.807) is 36.4 Å². The third kappa shape index (κ3) is 3.31. The van der Waals surface area contributed by atoms with Crippen molar-refractivity contribution in [1.29, 1.82) is 0 Å². The summed E-state index contributed by atoms with van der Waals surface area (Å²) in [4.78, 5) is 27.3. The number of rotatable bonds is 5. The first-order chi connectivity index (χ1) is 15.6. The van der Waals surface area contributed by atoms with Crippen LogP contribution in [0.5, 0.6) is 23.0 Å². The van der Waals surface area contributed by atoms with E-state index in [2.05, 4.69) is 0 Å². The molecule has 3 aliphatic rings. The zero-order chi connectivity index (χ0) is 22.2. The van der Waals surface area contributed by atoms with Gasteiger partial charge >= 0.3 is 0 Å². The minimum absolute atomic E-state index is 0.0124. The number of benzene rings is 2. The van der Waals surface area contributed by atoms with Gasteiger partial charge in [-0.2, -0.15) is 0 Å². The second kappa shape index (κ2) is 8.08. The van der Waals surface area contributed by atoms with Gasteiger partial charge in [0.2, 0.25) is 6.79 Å². The molecule has 0 aliphatic carbocycles. The number of likely N-dealkylation sites (tertiary alicyclic amines) is 1. The van der Waals surface area contributed by atoms with Crippen molar-refractivity contribution in [3.8, 4) is 23.0 Å². The molecule has 0 saturated carbocycles. The summed E-state index contributed by atoms with van der Waals surface area (Å²) >= 11 is 0. The van der Waals surface area contributed by atoms with Gasteiger partial charge in [-0.15, -0.1) is 0 Å². The Hall–Kier alpha value is -3.72. The van der Waals surface area contributed by atoms with Crippen LogP contribution in [0, 0.1) is 0 Å². The molecule has 166 valence electrons. The Labute approximate surface area is 183 Å². The maximum Gasteiger partial charge on any atom is 0.295 e. The van der Waals surface area contributed by atoms with Crippen molar-refractivity contribution in [2.75, 3.05) is 40.3 Å². The highest BCUT2D eigenvalue weighted by Gasteiger charge is 2.46. The Kier molecular flexibility index (Phi) is 5.10. The lowest BCUT2D eigenvalue weighted by Gasteiger charge is -2.26. The second-order valence-corrected chi connectivity index (χ2v) is 7.46. The summed E-state index contributed by atoms with van der Waals surface area (Å²) in [6.07, 6.45) is 0. The number of nitrogens with zero attached hydrogens (tertiary/aromatic N) is 1. The van der Waals surface area contributed by atoms with Gasteiger partial charge in [0.1, 0.15) is 19.0 Å². The number of amides is 1. The Morgan fingerprint density at radius 3 is 2.50 bits per heavy atom. The molecular weight excluding hydrogens is 418 g/mol. The number of carbonyl (C=O) groups is 2. The minimum Gasteiger partial charge on any atom is -0.507 e. The summed E-state index contributed by atoms with van der Waals surface area (Å²) < 4.78 is 27.1. The quantitative estimate of drug-likeness (QED) is 0.430. The molecule has 1 saturated heterocycles. The number of aliphatic hydroxyl groups excluding tert-OH is 1. The third-order valence-electron chi connectivity index (χ3n) is 5.60. The van der Waals surface area contributed by atoms with E-state index in [-0.39, 0.29) is 31.3 Å². The molecule has 1 fully saturated rings. The number of fused-ring (bicyclic) bond motifs is 2. The second-order valence-electron chi connectivity index (χ2n) is 7.46. The topological polar surface area (TPSA) is 104 Å². The molecule has 3 aliphatic heterocycles. The zero-order valence-corrected chi connectivity index (χ0v) is 17.3. The highest BCUT2D eigenvalue weighted by Crippen LogP contribution is 2.43. The van der Waals surface area contributed by atoms with E-state index in [0.29, 0.717) is 47.3 Å². The molecule has 1 atom stereocenters. The number of ether oxygens (including phenoxy) is 5. The Bertz CT molecular complexity index is 1120. The smallest absolute Gasteiger partial charge is 0.295 e. The van der Waals surface area contributed by atoms with Crippen LogP contribution in [0.25, 0.3) is 5.76 Å². The molecule has 0 bridgehead atoms. The van der Waals surface area contributed by atoms with Crippen LogP contribution in [0.3, 0.4) is 0 Å². The van der Waals surface area contributed by atoms with Gasteiger partial charge in [0.05, 0.1) is 18.2 Å². The summed E-state index contributed by atoms with van der Waals surface area (Å²) in [7, 11) is 1.52. The normalized spacial score (nSPS) is 20.7. The van der Waals surface area contributed by atoms with E-state index in [1.165, 1.54) is 12.0 Å². The highest BCUT2D eigenvalue weighted by atomic mass is 16.7. The van der Waals surface area contributed by atoms with E-state index in [1.807, 2.05) is 0 Å². The summed E-state index contributed by atoms with van der Waals surface area (Å²) in [5.74, 6) is 0.352. The first-order valence-electron chi connectivity index (χ1n) is 10.2. The highest BCUT2D eigenvalue weighted by molar-refractivity contribution is 6.46. The summed E-state index contributed by atoms with van der Waals surface area (Å²) in [6.45, 7) is 1.34. The van der Waals surface area contributed by atoms with Gasteiger partial charge < -0.3 is 33.7 Å². The van der Waals surface area contributed by atoms with Crippen LogP contribution in [-0.4, -0.2) is 62.0 Å². The minimum atomic E-state index is -0.814. The average molecular weight is 439 g/mol. The van der Waals surface area contributed by atoms with E-state index < -0.39 is 17.7 Å². The number of ketones is 1. The van der Waals surface area contributed by atoms with Crippen LogP contribution in [0.15, 0.2) is 42.0 Å². The van der Waals surface area contributed by atoms with Crippen molar-refractivity contribution < 1.29 is 38.4 Å². The Morgan fingerprint density at radius 2 is 1.69 bits per heavy atom. The molecule has 0 radical (unpaired) electrons. The molecule has 9 nitrogen and oxygen atoms in total. The van der Waals surface area contributed by atoms with Gasteiger partial charge in [0, 0.05) is 19.2 Å². The van der Waals surface area contributed by atoms with Crippen molar-refractivity contribution in [3.63, 3.8) is 0 Å². The van der Waals surface area contributed by atoms with Crippen LogP contribution < -0.4 is 18.9 Å². The van der Waals surface area contributed by atoms with Crippen molar-refractivity contribution in [2.24, 2.45) is 0 Å². The van der Waals surface area contributed by atoms with Crippen molar-refractivity contribution in [1.82, 2.24) is 4.90 Å². The summed E-state index contributed by atoms with van der Waals surface area (Å²) in [5, 5.41) is 11.1. The first kappa shape index (κ1) is 20.2. The maximum absolute atomic E-state index is 13.0. The number of methoxy groups -OCH3 is 1. The SMILES string of the molecule is COCCN1C(=O)C(=O)/C(=C(\O)c2ccc3c(c2)OCO3)C1c1ccc2c(c1)OCCO2. The van der Waals surface area contributed by atoms with Crippen molar-refractivity contribution in [3.05, 3.63) is 53.1 Å². The van der Waals surface area contributed by atoms with Gasteiger partial charge in [-0.3, -0.25) is 9.59 Å². The lowest BCUT2D eigenvalue weighted by molar-refractivity contribution is -0.140. The standard InChI is InChI=1S/C23H21NO8/c1-28-7-6-24-20(13-2-4-15-17(10-13)30-9-8-29-15)19(22(26)23(24)27)21(25)14-3-5-16-18(11-14)32-12-31-16/h2-5,10-11,20,25H,6-9,12H2,1H3/b21-19-. The molecule has 1 amide bonds. The molecule has 2 aromatic rings. The molecule has 0 aromatic heterocycles. The van der Waals surface area contributed by atoms with Gasteiger partial charge in [-0.05, 0) is 35.9 Å². The van der Waals surface area contributed by atoms with Crippen LogP contribution in [0.4, 0.5) is 0 Å². The largest absolute Gasteiger partial charge is 0.507 e. The fraction of sp³-hybridized carbons (Fsp3) is 0.304. The molecular formula is C23H21NO8. The summed E-state index contributed by atoms with van der Waals surface area (Å²) in [6, 6.07) is 9.27. The monoisotopic (exact) mass is 439 g/mol. The summed E-state index contributed by atoms with van der Waals surface area (Å²) in [5.41, 5.74) is 0.954. The number of hydrogen-bond acceptors (Lipinski definition) is 8. The van der Waals surface area contributed by atoms with E-state index in [9.17, 15) is 14.7 Å². The number of aliphatic hydroxyl groups is 1. The lowest BCUT2D eigenvalue weighted by Crippen LogP contribution is -2.32. The fourth-order valence-electron chi connectivity index (χ4n) is 4.08. The van der Waals surface area contributed by atoms with Gasteiger partial charge in [-0.1, -0.05) is 6.07 Å². The first-order valence-corrected chi connectivity index (χ1v) is 10.2. The van der Waals surface area contributed by atoms with Gasteiger partial charge in [0.25, 0.3) is 11.7 Å². The van der Waals surface area contributed by atoms with Crippen LogP contribution in [-0.2, 0) is 14.3 Å². The molecule has 9 heteroatoms. The van der Waals surface area contributed by atoms with Crippen LogP contribution in [0.2, 0.25) is 0 Å². The number of Topliss-reactive ketones (excluding diaryl/α,β-unsaturated/α-hetero) is 1. The predicted octanol–water partition coefficient (Wildman–Crippen LogP) is 2.25. The Balaban J connectivity index is 1.63. The molecule has 1 unspecified atom stereocenters. The molecule has 3 heterocycles. The number of carbonyl (C=O) groups excluding carboxylic acids is 2. The fourth-order valence-corrected chi connectivity index (χ4v) is 4.08. The van der Waals surface area contributed by atoms with Crippen LogP contribution >= 0.6 is 0 Å². The molecule has 1 N–H and O–H groups in total. The molecule has 0 spiro atoms. The van der Waals surface area contributed by atoms with Crippen molar-refractivity contribution in [2.45, 2.75) is 6.04 Å². The number of hydrogen-bond donors (Lipinski definition) is 1. The Morgan fingerprint density at radius 1 is 1.00 bits per heavy atom. The van der Waals surface area contributed by atoms with Crippen molar-refractivity contribution >= 4 is 17.4 Å². The zero-order valence-electron chi connectivity index (χ0n) is 17.3.